The molecule has 1 spiro atoms. The van der Waals surface area contributed by atoms with E-state index in [1.807, 2.05) is 6.07 Å². The second-order valence-corrected chi connectivity index (χ2v) is 8.95. The number of hydrogen-bond acceptors (Lipinski definition) is 6. The third kappa shape index (κ3) is 3.88. The largest absolute Gasteiger partial charge is 0.464 e. The number of fused-ring (bicyclic) bond motifs is 1. The van der Waals surface area contributed by atoms with Gasteiger partial charge in [0.05, 0.1) is 24.7 Å². The summed E-state index contributed by atoms with van der Waals surface area (Å²) in [6.07, 6.45) is 4.99. The number of amidine groups is 1. The Bertz CT molecular complexity index is 1550. The van der Waals surface area contributed by atoms with Crippen molar-refractivity contribution < 1.29 is 22.6 Å². The Morgan fingerprint density at radius 1 is 1.08 bits per heavy atom. The number of ether oxygens (including phenoxy) is 2. The number of halogens is 3. The molecule has 2 aromatic heterocycles. The Morgan fingerprint density at radius 3 is 2.47 bits per heavy atom. The van der Waals surface area contributed by atoms with Crippen LogP contribution in [0, 0.1) is 34.2 Å². The average Bonchev–Trinajstić information content (AvgIpc) is 3.49. The summed E-state index contributed by atoms with van der Waals surface area (Å²) in [4.78, 5) is 11.5. The molecule has 7 nitrogen and oxygen atoms in total. The summed E-state index contributed by atoms with van der Waals surface area (Å²) < 4.78 is 54.9. The van der Waals surface area contributed by atoms with Crippen LogP contribution in [-0.4, -0.2) is 29.1 Å². The van der Waals surface area contributed by atoms with Crippen LogP contribution in [0.3, 0.4) is 0 Å². The minimum absolute atomic E-state index is 0.0228. The zero-order chi connectivity index (χ0) is 24.9. The molecule has 4 aromatic rings. The number of nitrogens with zero attached hydrogens (tertiary/aromatic N) is 3. The summed E-state index contributed by atoms with van der Waals surface area (Å²) in [7, 11) is 0. The van der Waals surface area contributed by atoms with Gasteiger partial charge in [0.25, 0.3) is 6.02 Å². The van der Waals surface area contributed by atoms with Gasteiger partial charge in [0.15, 0.2) is 23.1 Å². The highest BCUT2D eigenvalue weighted by Crippen LogP contribution is 2.47. The number of H-pyrrole nitrogens is 1. The lowest BCUT2D eigenvalue weighted by molar-refractivity contribution is 0.205. The second kappa shape index (κ2) is 8.30. The highest BCUT2D eigenvalue weighted by Gasteiger charge is 2.45. The van der Waals surface area contributed by atoms with Gasteiger partial charge in [-0.25, -0.2) is 23.1 Å². The van der Waals surface area contributed by atoms with Crippen LogP contribution in [0.15, 0.2) is 53.8 Å². The molecule has 0 bridgehead atoms. The molecule has 0 amide bonds. The molecule has 0 atom stereocenters. The Morgan fingerprint density at radius 2 is 1.83 bits per heavy atom. The van der Waals surface area contributed by atoms with E-state index >= 15 is 8.78 Å². The van der Waals surface area contributed by atoms with Crippen LogP contribution in [-0.2, 0) is 4.74 Å². The first-order valence-electron chi connectivity index (χ1n) is 11.2. The molecule has 10 heteroatoms. The van der Waals surface area contributed by atoms with Crippen molar-refractivity contribution >= 4 is 22.7 Å². The molecule has 0 saturated heterocycles. The van der Waals surface area contributed by atoms with Gasteiger partial charge in [0.1, 0.15) is 23.1 Å². The lowest BCUT2D eigenvalue weighted by Crippen LogP contribution is -2.29. The summed E-state index contributed by atoms with van der Waals surface area (Å²) in [6, 6.07) is 9.94. The van der Waals surface area contributed by atoms with E-state index in [4.69, 9.17) is 9.47 Å². The second-order valence-electron chi connectivity index (χ2n) is 8.95. The number of anilines is 1. The Balaban J connectivity index is 1.36. The lowest BCUT2D eigenvalue weighted by atomic mass is 10.0. The minimum Gasteiger partial charge on any atom is -0.464 e. The molecule has 1 fully saturated rings. The predicted octanol–water partition coefficient (Wildman–Crippen LogP) is 5.89. The number of aliphatic imine (C=N–C) groups is 1. The van der Waals surface area contributed by atoms with Crippen molar-refractivity contribution in [3.05, 3.63) is 71.8 Å². The first-order valence-corrected chi connectivity index (χ1v) is 11.2. The minimum atomic E-state index is -0.986. The van der Waals surface area contributed by atoms with Crippen LogP contribution < -0.4 is 10.1 Å². The van der Waals surface area contributed by atoms with Gasteiger partial charge < -0.3 is 19.8 Å². The lowest BCUT2D eigenvalue weighted by Gasteiger charge is -2.22. The van der Waals surface area contributed by atoms with E-state index in [1.54, 1.807) is 18.3 Å². The topological polar surface area (TPSA) is 95.3 Å². The summed E-state index contributed by atoms with van der Waals surface area (Å²) in [5.41, 5.74) is 1.68. The van der Waals surface area contributed by atoms with Crippen molar-refractivity contribution in [2.45, 2.75) is 12.8 Å². The zero-order valence-electron chi connectivity index (χ0n) is 18.7. The Labute approximate surface area is 203 Å². The molecule has 180 valence electrons. The summed E-state index contributed by atoms with van der Waals surface area (Å²) >= 11 is 0. The molecule has 0 radical (unpaired) electrons. The van der Waals surface area contributed by atoms with Crippen LogP contribution >= 0.6 is 0 Å². The fourth-order valence-corrected chi connectivity index (χ4v) is 4.17. The van der Waals surface area contributed by atoms with Crippen LogP contribution in [0.1, 0.15) is 18.4 Å². The van der Waals surface area contributed by atoms with Gasteiger partial charge in [-0.2, -0.15) is 5.26 Å². The number of nitrogens with one attached hydrogen (secondary N) is 2. The normalized spacial score (nSPS) is 15.8. The van der Waals surface area contributed by atoms with Gasteiger partial charge in [-0.15, -0.1) is 0 Å². The summed E-state index contributed by atoms with van der Waals surface area (Å²) in [5, 5.41) is 12.8. The maximum absolute atomic E-state index is 15.1. The molecule has 1 saturated carbocycles. The van der Waals surface area contributed by atoms with Gasteiger partial charge in [0.2, 0.25) is 0 Å². The molecule has 2 N–H and O–H groups in total. The van der Waals surface area contributed by atoms with E-state index in [2.05, 4.69) is 20.3 Å². The molecule has 6 rings (SSSR count). The summed E-state index contributed by atoms with van der Waals surface area (Å²) in [6.45, 7) is 1.14. The number of nitriles is 1. The average molecular weight is 489 g/mol. The molecule has 2 aromatic carbocycles. The van der Waals surface area contributed by atoms with Crippen LogP contribution in [0.5, 0.6) is 11.5 Å². The van der Waals surface area contributed by atoms with Crippen molar-refractivity contribution in [3.8, 4) is 28.7 Å². The molecule has 3 heterocycles. The van der Waals surface area contributed by atoms with E-state index in [-0.39, 0.29) is 28.4 Å². The number of pyridine rings is 1. The van der Waals surface area contributed by atoms with E-state index in [0.717, 1.165) is 25.0 Å². The Kier molecular flexibility index (Phi) is 5.07. The van der Waals surface area contributed by atoms with Gasteiger partial charge in [-0.1, -0.05) is 12.1 Å². The molecular weight excluding hydrogens is 471 g/mol. The number of benzene rings is 2. The van der Waals surface area contributed by atoms with Crippen molar-refractivity contribution in [2.75, 3.05) is 18.5 Å². The zero-order valence-corrected chi connectivity index (χ0v) is 18.7. The maximum atomic E-state index is 15.1. The number of aromatic nitrogens is 2. The van der Waals surface area contributed by atoms with Crippen LogP contribution in [0.4, 0.5) is 18.9 Å². The molecule has 36 heavy (non-hydrogen) atoms. The molecule has 1 aliphatic heterocycles. The fraction of sp³-hybridized carbons (Fsp3) is 0.192. The fourth-order valence-electron chi connectivity index (χ4n) is 4.17. The summed E-state index contributed by atoms with van der Waals surface area (Å²) in [5.74, 6) is -3.14. The standard InChI is InChI=1S/C26H18F3N5O2/c27-16-3-1-14(2-4-16)18-11-32-24-21(18)22(15(9-30)10-31-24)36-23-19(28)7-17(8-20(23)29)34-25-33-12-26(5-6-26)13-35-25/h1-4,7-8,10-11H,5-6,12-13H2,(H,31,32)(H,33,34). The monoisotopic (exact) mass is 489 g/mol. The first kappa shape index (κ1) is 22.0. The SMILES string of the molecule is N#Cc1cnc2[nH]cc(-c3ccc(F)cc3)c2c1Oc1c(F)cc(NC2=NCC3(CC3)CO2)cc1F. The third-order valence-corrected chi connectivity index (χ3v) is 6.41. The highest BCUT2D eigenvalue weighted by molar-refractivity contribution is 5.99. The van der Waals surface area contributed by atoms with Crippen LogP contribution in [0.2, 0.25) is 0 Å². The van der Waals surface area contributed by atoms with Gasteiger partial charge in [-0.3, -0.25) is 0 Å². The van der Waals surface area contributed by atoms with E-state index in [1.165, 1.54) is 18.3 Å². The molecular formula is C26H18F3N5O2. The van der Waals surface area contributed by atoms with Gasteiger partial charge in [-0.05, 0) is 30.5 Å². The van der Waals surface area contributed by atoms with Crippen molar-refractivity contribution in [2.24, 2.45) is 10.4 Å². The van der Waals surface area contributed by atoms with Gasteiger partial charge >= 0.3 is 0 Å². The van der Waals surface area contributed by atoms with E-state index < -0.39 is 23.2 Å². The molecule has 2 aliphatic rings. The van der Waals surface area contributed by atoms with Crippen LogP contribution in [0.25, 0.3) is 22.2 Å². The van der Waals surface area contributed by atoms with Crippen molar-refractivity contribution in [1.29, 1.82) is 5.26 Å². The Hall–Kier alpha value is -4.52. The van der Waals surface area contributed by atoms with E-state index in [0.29, 0.717) is 35.3 Å². The molecule has 1 aliphatic carbocycles. The van der Waals surface area contributed by atoms with Gasteiger partial charge in [0, 0.05) is 35.0 Å². The van der Waals surface area contributed by atoms with Crippen molar-refractivity contribution in [1.82, 2.24) is 9.97 Å². The predicted molar refractivity (Wildman–Crippen MR) is 126 cm³/mol. The molecule has 0 unspecified atom stereocenters. The highest BCUT2D eigenvalue weighted by atomic mass is 19.1. The number of hydrogen-bond donors (Lipinski definition) is 2. The maximum Gasteiger partial charge on any atom is 0.289 e. The quantitative estimate of drug-likeness (QED) is 0.373. The number of aromatic amines is 1. The smallest absolute Gasteiger partial charge is 0.289 e. The first-order chi connectivity index (χ1) is 17.4. The number of rotatable bonds is 4. The van der Waals surface area contributed by atoms with Crippen molar-refractivity contribution in [3.63, 3.8) is 0 Å². The third-order valence-electron chi connectivity index (χ3n) is 6.41. The van der Waals surface area contributed by atoms with E-state index in [9.17, 15) is 9.65 Å².